The van der Waals surface area contributed by atoms with Crippen LogP contribution in [0.4, 0.5) is 0 Å². The molecule has 2 amide bonds. The zero-order chi connectivity index (χ0) is 18.0. The lowest BCUT2D eigenvalue weighted by atomic mass is 10.1. The van der Waals surface area contributed by atoms with Crippen molar-refractivity contribution in [2.24, 2.45) is 0 Å². The van der Waals surface area contributed by atoms with Crippen molar-refractivity contribution < 1.29 is 23.9 Å². The van der Waals surface area contributed by atoms with E-state index in [2.05, 4.69) is 0 Å². The molecule has 0 radical (unpaired) electrons. The average Bonchev–Trinajstić information content (AvgIpc) is 3.18. The Hall–Kier alpha value is -2.80. The van der Waals surface area contributed by atoms with E-state index < -0.39 is 5.97 Å². The summed E-state index contributed by atoms with van der Waals surface area (Å²) in [7, 11) is 0. The Balaban J connectivity index is 1.50. The third-order valence-corrected chi connectivity index (χ3v) is 4.96. The largest absolute Gasteiger partial charge is 0.461 e. The first kappa shape index (κ1) is 17.0. The van der Waals surface area contributed by atoms with E-state index in [4.69, 9.17) is 4.74 Å². The highest BCUT2D eigenvalue weighted by molar-refractivity contribution is 7.15. The highest BCUT2D eigenvalue weighted by Crippen LogP contribution is 2.22. The minimum absolute atomic E-state index is 0.0829. The summed E-state index contributed by atoms with van der Waals surface area (Å²) in [6, 6.07) is 9.81. The number of carbonyl (C=O) groups is 4. The lowest BCUT2D eigenvalue weighted by Gasteiger charge is -2.13. The molecule has 1 aromatic carbocycles. The molecule has 1 aromatic heterocycles. The molecule has 0 spiro atoms. The monoisotopic (exact) mass is 357 g/mol. The molecule has 25 heavy (non-hydrogen) atoms. The number of hydrogen-bond donors (Lipinski definition) is 0. The van der Waals surface area contributed by atoms with Crippen LogP contribution in [0.1, 0.15) is 53.4 Å². The van der Waals surface area contributed by atoms with E-state index in [9.17, 15) is 19.2 Å². The molecule has 6 nitrogen and oxygen atoms in total. The zero-order valence-corrected chi connectivity index (χ0v) is 14.3. The molecule has 1 aliphatic heterocycles. The maximum atomic E-state index is 12.2. The van der Waals surface area contributed by atoms with Gasteiger partial charge in [-0.1, -0.05) is 12.1 Å². The Morgan fingerprint density at radius 1 is 1.00 bits per heavy atom. The van der Waals surface area contributed by atoms with Crippen molar-refractivity contribution in [2.45, 2.75) is 13.3 Å². The maximum Gasteiger partial charge on any atom is 0.348 e. The summed E-state index contributed by atoms with van der Waals surface area (Å²) in [6.45, 7) is 1.70. The van der Waals surface area contributed by atoms with Crippen LogP contribution in [0.2, 0.25) is 0 Å². The lowest BCUT2D eigenvalue weighted by Crippen LogP contribution is -2.31. The fourth-order valence-electron chi connectivity index (χ4n) is 2.54. The van der Waals surface area contributed by atoms with Crippen LogP contribution in [-0.2, 0) is 4.74 Å². The van der Waals surface area contributed by atoms with Crippen LogP contribution < -0.4 is 0 Å². The molecule has 0 atom stereocenters. The van der Waals surface area contributed by atoms with Crippen LogP contribution in [0.3, 0.4) is 0 Å². The number of Topliss-reactive ketones (excluding diaryl/α,β-unsaturated/α-hetero) is 1. The van der Waals surface area contributed by atoms with Crippen molar-refractivity contribution in [3.63, 3.8) is 0 Å². The van der Waals surface area contributed by atoms with Gasteiger partial charge in [-0.05, 0) is 37.6 Å². The van der Waals surface area contributed by atoms with Gasteiger partial charge in [0.1, 0.15) is 4.88 Å². The first-order valence-electron chi connectivity index (χ1n) is 7.72. The molecule has 3 rings (SSSR count). The zero-order valence-electron chi connectivity index (χ0n) is 13.5. The van der Waals surface area contributed by atoms with Crippen LogP contribution >= 0.6 is 11.3 Å². The van der Waals surface area contributed by atoms with Crippen LogP contribution in [0, 0.1) is 0 Å². The predicted octanol–water partition coefficient (Wildman–Crippen LogP) is 2.79. The highest BCUT2D eigenvalue weighted by Gasteiger charge is 2.34. The van der Waals surface area contributed by atoms with Gasteiger partial charge in [0.15, 0.2) is 5.78 Å². The van der Waals surface area contributed by atoms with E-state index >= 15 is 0 Å². The normalized spacial score (nSPS) is 13.1. The fraction of sp³-hybridized carbons (Fsp3) is 0.222. The van der Waals surface area contributed by atoms with E-state index in [1.165, 1.54) is 6.92 Å². The number of carbonyl (C=O) groups excluding carboxylic acids is 4. The van der Waals surface area contributed by atoms with Gasteiger partial charge in [-0.3, -0.25) is 19.3 Å². The molecule has 2 aromatic rings. The van der Waals surface area contributed by atoms with Crippen molar-refractivity contribution in [1.29, 1.82) is 0 Å². The number of ketones is 1. The van der Waals surface area contributed by atoms with Crippen molar-refractivity contribution in [1.82, 2.24) is 4.90 Å². The second-order valence-corrected chi connectivity index (χ2v) is 6.60. The van der Waals surface area contributed by atoms with Crippen LogP contribution in [0.15, 0.2) is 36.4 Å². The first-order valence-corrected chi connectivity index (χ1v) is 8.54. The number of esters is 1. The number of ether oxygens (including phenoxy) is 1. The van der Waals surface area contributed by atoms with Gasteiger partial charge in [-0.2, -0.15) is 0 Å². The van der Waals surface area contributed by atoms with Gasteiger partial charge >= 0.3 is 5.97 Å². The summed E-state index contributed by atoms with van der Waals surface area (Å²) in [6.07, 6.45) is 0.349. The second kappa shape index (κ2) is 6.98. The summed E-state index contributed by atoms with van der Waals surface area (Å²) >= 11 is 1.08. The Morgan fingerprint density at radius 3 is 2.16 bits per heavy atom. The number of nitrogens with zero attached hydrogens (tertiary/aromatic N) is 1. The first-order chi connectivity index (χ1) is 12.0. The molecule has 0 saturated heterocycles. The topological polar surface area (TPSA) is 80.8 Å². The number of rotatable bonds is 6. The number of imide groups is 1. The summed E-state index contributed by atoms with van der Waals surface area (Å²) in [5.74, 6) is -1.26. The Bertz CT molecular complexity index is 835. The Morgan fingerprint density at radius 2 is 1.60 bits per heavy atom. The quantitative estimate of drug-likeness (QED) is 0.344. The van der Waals surface area contributed by atoms with Gasteiger partial charge < -0.3 is 4.74 Å². The van der Waals surface area contributed by atoms with E-state index in [0.29, 0.717) is 27.3 Å². The smallest absolute Gasteiger partial charge is 0.348 e. The molecule has 0 aliphatic carbocycles. The number of hydrogen-bond acceptors (Lipinski definition) is 6. The molecular weight excluding hydrogens is 342 g/mol. The predicted molar refractivity (Wildman–Crippen MR) is 91.0 cm³/mol. The van der Waals surface area contributed by atoms with Crippen molar-refractivity contribution >= 4 is 34.9 Å². The molecular formula is C18H15NO5S. The Kier molecular flexibility index (Phi) is 4.76. The van der Waals surface area contributed by atoms with Crippen molar-refractivity contribution in [2.75, 3.05) is 13.2 Å². The Labute approximate surface area is 148 Å². The molecule has 1 aliphatic rings. The molecule has 0 saturated carbocycles. The number of fused-ring (bicyclic) bond motifs is 1. The van der Waals surface area contributed by atoms with E-state index in [0.717, 1.165) is 16.2 Å². The average molecular weight is 357 g/mol. The highest BCUT2D eigenvalue weighted by atomic mass is 32.1. The number of amides is 2. The summed E-state index contributed by atoms with van der Waals surface area (Å²) in [5, 5.41) is 0. The van der Waals surface area contributed by atoms with Crippen molar-refractivity contribution in [3.8, 4) is 0 Å². The van der Waals surface area contributed by atoms with Gasteiger partial charge in [0, 0.05) is 6.54 Å². The molecule has 0 N–H and O–H groups in total. The molecule has 128 valence electrons. The number of thiophene rings is 1. The standard InChI is InChI=1S/C18H15NO5S/c1-11(20)14-7-8-15(25-14)18(23)24-10-4-9-19-16(21)12-5-2-3-6-13(12)17(19)22/h2-3,5-8H,4,9-10H2,1H3. The van der Waals surface area contributed by atoms with Gasteiger partial charge in [0.2, 0.25) is 0 Å². The van der Waals surface area contributed by atoms with Gasteiger partial charge in [0.05, 0.1) is 22.6 Å². The van der Waals surface area contributed by atoms with Crippen LogP contribution in [0.25, 0.3) is 0 Å². The number of benzene rings is 1. The maximum absolute atomic E-state index is 12.2. The molecule has 7 heteroatoms. The van der Waals surface area contributed by atoms with Crippen molar-refractivity contribution in [3.05, 3.63) is 57.3 Å². The SMILES string of the molecule is CC(=O)c1ccc(C(=O)OCCCN2C(=O)c3ccccc3C2=O)s1. The van der Waals surface area contributed by atoms with Crippen LogP contribution in [-0.4, -0.2) is 41.6 Å². The fourth-order valence-corrected chi connectivity index (χ4v) is 3.33. The van der Waals surface area contributed by atoms with Crippen LogP contribution in [0.5, 0.6) is 0 Å². The van der Waals surface area contributed by atoms with Gasteiger partial charge in [-0.25, -0.2) is 4.79 Å². The summed E-state index contributed by atoms with van der Waals surface area (Å²) < 4.78 is 5.14. The summed E-state index contributed by atoms with van der Waals surface area (Å²) in [4.78, 5) is 49.5. The minimum Gasteiger partial charge on any atom is -0.461 e. The molecule has 0 unspecified atom stereocenters. The third-order valence-electron chi connectivity index (χ3n) is 3.79. The van der Waals surface area contributed by atoms with E-state index in [1.54, 1.807) is 36.4 Å². The minimum atomic E-state index is -0.514. The molecule has 0 fully saturated rings. The molecule has 2 heterocycles. The molecule has 0 bridgehead atoms. The van der Waals surface area contributed by atoms with Gasteiger partial charge in [0.25, 0.3) is 11.8 Å². The van der Waals surface area contributed by atoms with Gasteiger partial charge in [-0.15, -0.1) is 11.3 Å². The lowest BCUT2D eigenvalue weighted by molar-refractivity contribution is 0.0487. The van der Waals surface area contributed by atoms with E-state index in [-0.39, 0.29) is 30.7 Å². The third kappa shape index (κ3) is 3.36. The second-order valence-electron chi connectivity index (χ2n) is 5.52. The van der Waals surface area contributed by atoms with E-state index in [1.807, 2.05) is 0 Å². The summed E-state index contributed by atoms with van der Waals surface area (Å²) in [5.41, 5.74) is 0.805.